The fraction of sp³-hybridized carbons (Fsp3) is 0.467. The van der Waals surface area contributed by atoms with Crippen molar-refractivity contribution in [3.8, 4) is 0 Å². The number of hydrogen-bond donors (Lipinski definition) is 1. The number of aryl methyl sites for hydroxylation is 1. The van der Waals surface area contributed by atoms with E-state index in [9.17, 15) is 4.79 Å². The van der Waals surface area contributed by atoms with Gasteiger partial charge in [-0.1, -0.05) is 18.1 Å². The summed E-state index contributed by atoms with van der Waals surface area (Å²) < 4.78 is 1.74. The van der Waals surface area contributed by atoms with Crippen LogP contribution in [0.1, 0.15) is 24.8 Å². The summed E-state index contributed by atoms with van der Waals surface area (Å²) in [5.41, 5.74) is 1.95. The first-order valence-electron chi connectivity index (χ1n) is 6.93. The van der Waals surface area contributed by atoms with Gasteiger partial charge in [0.2, 0.25) is 0 Å². The van der Waals surface area contributed by atoms with E-state index in [1.165, 1.54) is 12.8 Å². The zero-order chi connectivity index (χ0) is 13.2. The molecule has 0 aliphatic carbocycles. The minimum absolute atomic E-state index is 0.0704. The first-order valence-corrected chi connectivity index (χ1v) is 6.93. The van der Waals surface area contributed by atoms with Crippen LogP contribution in [0.4, 0.5) is 0 Å². The SMILES string of the molecule is Cc1ccc2ncn(CC3CCCCN3)c(=O)c2c1. The average molecular weight is 257 g/mol. The molecule has 1 aromatic carbocycles. The molecule has 0 spiro atoms. The van der Waals surface area contributed by atoms with Crippen LogP contribution < -0.4 is 10.9 Å². The normalized spacial score (nSPS) is 19.7. The number of hydrogen-bond acceptors (Lipinski definition) is 3. The van der Waals surface area contributed by atoms with E-state index >= 15 is 0 Å². The third kappa shape index (κ3) is 2.54. The van der Waals surface area contributed by atoms with Crippen LogP contribution in [0.3, 0.4) is 0 Å². The minimum atomic E-state index is 0.0704. The van der Waals surface area contributed by atoms with Crippen molar-refractivity contribution in [1.82, 2.24) is 14.9 Å². The first kappa shape index (κ1) is 12.4. The molecule has 4 nitrogen and oxygen atoms in total. The summed E-state index contributed by atoms with van der Waals surface area (Å²) in [6, 6.07) is 6.22. The van der Waals surface area contributed by atoms with E-state index in [-0.39, 0.29) is 5.56 Å². The number of nitrogens with zero attached hydrogens (tertiary/aromatic N) is 2. The van der Waals surface area contributed by atoms with E-state index in [0.29, 0.717) is 6.04 Å². The quantitative estimate of drug-likeness (QED) is 0.893. The predicted molar refractivity (Wildman–Crippen MR) is 76.4 cm³/mol. The lowest BCUT2D eigenvalue weighted by atomic mass is 10.1. The molecule has 1 aromatic heterocycles. The van der Waals surface area contributed by atoms with Crippen LogP contribution >= 0.6 is 0 Å². The Labute approximate surface area is 112 Å². The zero-order valence-electron chi connectivity index (χ0n) is 11.2. The highest BCUT2D eigenvalue weighted by molar-refractivity contribution is 5.77. The molecular weight excluding hydrogens is 238 g/mol. The molecule has 1 aliphatic rings. The lowest BCUT2D eigenvalue weighted by Gasteiger charge is -2.24. The van der Waals surface area contributed by atoms with Crippen LogP contribution in [-0.4, -0.2) is 22.1 Å². The van der Waals surface area contributed by atoms with E-state index in [4.69, 9.17) is 0 Å². The van der Waals surface area contributed by atoms with Gasteiger partial charge in [-0.05, 0) is 38.4 Å². The van der Waals surface area contributed by atoms with E-state index in [0.717, 1.165) is 36.0 Å². The summed E-state index contributed by atoms with van der Waals surface area (Å²) in [7, 11) is 0. The number of aromatic nitrogens is 2. The van der Waals surface area contributed by atoms with Gasteiger partial charge < -0.3 is 5.32 Å². The molecule has 2 aromatic rings. The van der Waals surface area contributed by atoms with Crippen molar-refractivity contribution in [2.24, 2.45) is 0 Å². The molecule has 0 saturated carbocycles. The molecule has 3 rings (SSSR count). The van der Waals surface area contributed by atoms with Crippen molar-refractivity contribution in [3.05, 3.63) is 40.4 Å². The van der Waals surface area contributed by atoms with Crippen LogP contribution in [-0.2, 0) is 6.54 Å². The maximum atomic E-state index is 12.4. The highest BCUT2D eigenvalue weighted by atomic mass is 16.1. The predicted octanol–water partition coefficient (Wildman–Crippen LogP) is 1.85. The van der Waals surface area contributed by atoms with Crippen molar-refractivity contribution in [2.45, 2.75) is 38.8 Å². The molecule has 0 radical (unpaired) electrons. The van der Waals surface area contributed by atoms with Gasteiger partial charge in [0.1, 0.15) is 0 Å². The van der Waals surface area contributed by atoms with Crippen LogP contribution in [0.25, 0.3) is 10.9 Å². The standard InChI is InChI=1S/C15H19N3O/c1-11-5-6-14-13(8-11)15(19)18(10-17-14)9-12-4-2-3-7-16-12/h5-6,8,10,12,16H,2-4,7,9H2,1H3. The molecule has 100 valence electrons. The smallest absolute Gasteiger partial charge is 0.261 e. The lowest BCUT2D eigenvalue weighted by molar-refractivity contribution is 0.359. The largest absolute Gasteiger partial charge is 0.312 e. The molecule has 2 heterocycles. The Morgan fingerprint density at radius 1 is 1.42 bits per heavy atom. The number of piperidine rings is 1. The fourth-order valence-corrected chi connectivity index (χ4v) is 2.72. The van der Waals surface area contributed by atoms with Gasteiger partial charge in [0.25, 0.3) is 5.56 Å². The Morgan fingerprint density at radius 3 is 3.11 bits per heavy atom. The van der Waals surface area contributed by atoms with Crippen molar-refractivity contribution >= 4 is 10.9 Å². The minimum Gasteiger partial charge on any atom is -0.312 e. The van der Waals surface area contributed by atoms with E-state index in [1.807, 2.05) is 25.1 Å². The average Bonchev–Trinajstić information content (AvgIpc) is 2.44. The lowest BCUT2D eigenvalue weighted by Crippen LogP contribution is -2.39. The summed E-state index contributed by atoms with van der Waals surface area (Å²) in [6.45, 7) is 3.77. The molecule has 1 unspecified atom stereocenters. The number of fused-ring (bicyclic) bond motifs is 1. The number of nitrogens with one attached hydrogen (secondary N) is 1. The Morgan fingerprint density at radius 2 is 2.32 bits per heavy atom. The maximum Gasteiger partial charge on any atom is 0.261 e. The molecule has 0 bridgehead atoms. The van der Waals surface area contributed by atoms with Crippen LogP contribution in [0.5, 0.6) is 0 Å². The van der Waals surface area contributed by atoms with Crippen molar-refractivity contribution in [3.63, 3.8) is 0 Å². The molecule has 0 amide bonds. The molecule has 19 heavy (non-hydrogen) atoms. The van der Waals surface area contributed by atoms with E-state index in [1.54, 1.807) is 10.9 Å². The molecular formula is C15H19N3O. The molecule has 1 saturated heterocycles. The molecule has 1 aliphatic heterocycles. The Bertz CT molecular complexity index is 641. The Kier molecular flexibility index (Phi) is 3.34. The third-order valence-corrected chi connectivity index (χ3v) is 3.81. The second-order valence-corrected chi connectivity index (χ2v) is 5.37. The van der Waals surface area contributed by atoms with Gasteiger partial charge in [-0.25, -0.2) is 4.98 Å². The van der Waals surface area contributed by atoms with Gasteiger partial charge >= 0.3 is 0 Å². The Hall–Kier alpha value is -1.68. The number of rotatable bonds is 2. The molecule has 4 heteroatoms. The highest BCUT2D eigenvalue weighted by Crippen LogP contribution is 2.11. The molecule has 1 N–H and O–H groups in total. The fourth-order valence-electron chi connectivity index (χ4n) is 2.72. The Balaban J connectivity index is 1.95. The van der Waals surface area contributed by atoms with Gasteiger partial charge in [-0.2, -0.15) is 0 Å². The van der Waals surface area contributed by atoms with Crippen molar-refractivity contribution in [2.75, 3.05) is 6.54 Å². The first-order chi connectivity index (χ1) is 9.24. The maximum absolute atomic E-state index is 12.4. The second kappa shape index (κ2) is 5.13. The van der Waals surface area contributed by atoms with Gasteiger partial charge in [-0.3, -0.25) is 9.36 Å². The monoisotopic (exact) mass is 257 g/mol. The summed E-state index contributed by atoms with van der Waals surface area (Å²) in [5.74, 6) is 0. The van der Waals surface area contributed by atoms with Crippen molar-refractivity contribution in [1.29, 1.82) is 0 Å². The van der Waals surface area contributed by atoms with E-state index in [2.05, 4.69) is 10.3 Å². The summed E-state index contributed by atoms with van der Waals surface area (Å²) in [5, 5.41) is 4.19. The third-order valence-electron chi connectivity index (χ3n) is 3.81. The summed E-state index contributed by atoms with van der Waals surface area (Å²) >= 11 is 0. The van der Waals surface area contributed by atoms with Crippen LogP contribution in [0, 0.1) is 6.92 Å². The highest BCUT2D eigenvalue weighted by Gasteiger charge is 2.14. The van der Waals surface area contributed by atoms with Crippen LogP contribution in [0.15, 0.2) is 29.3 Å². The zero-order valence-corrected chi connectivity index (χ0v) is 11.2. The number of benzene rings is 1. The molecule has 1 fully saturated rings. The van der Waals surface area contributed by atoms with Gasteiger partial charge in [0, 0.05) is 12.6 Å². The van der Waals surface area contributed by atoms with Crippen LogP contribution in [0.2, 0.25) is 0 Å². The van der Waals surface area contributed by atoms with Gasteiger partial charge in [0.15, 0.2) is 0 Å². The van der Waals surface area contributed by atoms with Gasteiger partial charge in [-0.15, -0.1) is 0 Å². The van der Waals surface area contributed by atoms with Crippen molar-refractivity contribution < 1.29 is 0 Å². The topological polar surface area (TPSA) is 46.9 Å². The summed E-state index contributed by atoms with van der Waals surface area (Å²) in [6.07, 6.45) is 5.29. The van der Waals surface area contributed by atoms with E-state index < -0.39 is 0 Å². The van der Waals surface area contributed by atoms with Gasteiger partial charge in [0.05, 0.1) is 17.2 Å². The second-order valence-electron chi connectivity index (χ2n) is 5.37. The summed E-state index contributed by atoms with van der Waals surface area (Å²) in [4.78, 5) is 16.8. The molecule has 1 atom stereocenters.